The maximum absolute atomic E-state index is 11.9. The van der Waals surface area contributed by atoms with Gasteiger partial charge in [0.1, 0.15) is 6.42 Å². The number of anilines is 2. The first-order valence-electron chi connectivity index (χ1n) is 7.27. The summed E-state index contributed by atoms with van der Waals surface area (Å²) < 4.78 is 0. The number of carbonyl (C=O) groups is 2. The van der Waals surface area contributed by atoms with Crippen molar-refractivity contribution in [2.24, 2.45) is 0 Å². The van der Waals surface area contributed by atoms with Crippen LogP contribution < -0.4 is 15.5 Å². The number of nitrogens with one attached hydrogen (secondary N) is 2. The minimum Gasteiger partial charge on any atom is -0.378 e. The molecule has 0 aliphatic heterocycles. The molecule has 120 valence electrons. The van der Waals surface area contributed by atoms with Gasteiger partial charge in [-0.05, 0) is 35.9 Å². The SMILES string of the molecule is CN(C)c1ccc(NC(=O)CC(=O)NCc2cccnc2)cc1. The summed E-state index contributed by atoms with van der Waals surface area (Å²) in [7, 11) is 3.89. The molecule has 1 heterocycles. The summed E-state index contributed by atoms with van der Waals surface area (Å²) in [6.07, 6.45) is 3.13. The van der Waals surface area contributed by atoms with Crippen LogP contribution in [0.25, 0.3) is 0 Å². The third kappa shape index (κ3) is 5.43. The van der Waals surface area contributed by atoms with Crippen LogP contribution in [0.2, 0.25) is 0 Å². The molecule has 0 unspecified atom stereocenters. The standard InChI is InChI=1S/C17H20N4O2/c1-21(2)15-7-5-14(6-8-15)20-17(23)10-16(22)19-12-13-4-3-9-18-11-13/h3-9,11H,10,12H2,1-2H3,(H,19,22)(H,20,23). The van der Waals surface area contributed by atoms with Crippen LogP contribution in [0.5, 0.6) is 0 Å². The molecule has 1 aromatic carbocycles. The van der Waals surface area contributed by atoms with E-state index in [1.165, 1.54) is 0 Å². The molecule has 2 aromatic rings. The van der Waals surface area contributed by atoms with E-state index in [4.69, 9.17) is 0 Å². The predicted octanol–water partition coefficient (Wildman–Crippen LogP) is 1.79. The zero-order valence-electron chi connectivity index (χ0n) is 13.2. The van der Waals surface area contributed by atoms with Crippen molar-refractivity contribution in [1.82, 2.24) is 10.3 Å². The molecule has 1 aromatic heterocycles. The van der Waals surface area contributed by atoms with Crippen LogP contribution in [0.1, 0.15) is 12.0 Å². The Bertz CT molecular complexity index is 654. The van der Waals surface area contributed by atoms with Gasteiger partial charge in [-0.1, -0.05) is 6.07 Å². The molecule has 23 heavy (non-hydrogen) atoms. The van der Waals surface area contributed by atoms with Crippen molar-refractivity contribution in [2.75, 3.05) is 24.3 Å². The van der Waals surface area contributed by atoms with Gasteiger partial charge in [0.15, 0.2) is 0 Å². The van der Waals surface area contributed by atoms with E-state index in [1.807, 2.05) is 37.2 Å². The van der Waals surface area contributed by atoms with Gasteiger partial charge in [0.25, 0.3) is 0 Å². The van der Waals surface area contributed by atoms with Crippen molar-refractivity contribution in [3.63, 3.8) is 0 Å². The Balaban J connectivity index is 1.78. The fourth-order valence-corrected chi connectivity index (χ4v) is 1.96. The van der Waals surface area contributed by atoms with Crippen molar-refractivity contribution in [2.45, 2.75) is 13.0 Å². The van der Waals surface area contributed by atoms with Gasteiger partial charge in [0.05, 0.1) is 0 Å². The third-order valence-corrected chi connectivity index (χ3v) is 3.20. The molecule has 0 saturated heterocycles. The molecule has 0 aliphatic rings. The monoisotopic (exact) mass is 312 g/mol. The molecule has 6 heteroatoms. The van der Waals surface area contributed by atoms with Crippen LogP contribution in [-0.2, 0) is 16.1 Å². The number of hydrogen-bond acceptors (Lipinski definition) is 4. The molecule has 0 aliphatic carbocycles. The third-order valence-electron chi connectivity index (χ3n) is 3.20. The van der Waals surface area contributed by atoms with E-state index in [-0.39, 0.29) is 18.2 Å². The number of nitrogens with zero attached hydrogens (tertiary/aromatic N) is 2. The largest absolute Gasteiger partial charge is 0.378 e. The lowest BCUT2D eigenvalue weighted by atomic mass is 10.2. The fraction of sp³-hybridized carbons (Fsp3) is 0.235. The van der Waals surface area contributed by atoms with Crippen molar-refractivity contribution < 1.29 is 9.59 Å². The van der Waals surface area contributed by atoms with Gasteiger partial charge >= 0.3 is 0 Å². The first-order chi connectivity index (χ1) is 11.0. The van der Waals surface area contributed by atoms with Crippen LogP contribution in [0.4, 0.5) is 11.4 Å². The fourth-order valence-electron chi connectivity index (χ4n) is 1.96. The van der Waals surface area contributed by atoms with Crippen LogP contribution in [0.15, 0.2) is 48.8 Å². The molecule has 0 saturated carbocycles. The highest BCUT2D eigenvalue weighted by atomic mass is 16.2. The van der Waals surface area contributed by atoms with Crippen LogP contribution >= 0.6 is 0 Å². The lowest BCUT2D eigenvalue weighted by Gasteiger charge is -2.13. The summed E-state index contributed by atoms with van der Waals surface area (Å²) in [6, 6.07) is 11.1. The predicted molar refractivity (Wildman–Crippen MR) is 90.1 cm³/mol. The Kier molecular flexibility index (Phi) is 5.68. The van der Waals surface area contributed by atoms with Crippen molar-refractivity contribution in [1.29, 1.82) is 0 Å². The van der Waals surface area contributed by atoms with Crippen molar-refractivity contribution in [3.8, 4) is 0 Å². The zero-order valence-corrected chi connectivity index (χ0v) is 13.2. The van der Waals surface area contributed by atoms with Crippen molar-refractivity contribution >= 4 is 23.2 Å². The molecule has 0 bridgehead atoms. The molecule has 0 spiro atoms. The topological polar surface area (TPSA) is 74.3 Å². The molecule has 2 N–H and O–H groups in total. The zero-order chi connectivity index (χ0) is 16.7. The normalized spacial score (nSPS) is 10.0. The number of carbonyl (C=O) groups excluding carboxylic acids is 2. The summed E-state index contributed by atoms with van der Waals surface area (Å²) in [5.41, 5.74) is 2.60. The molecule has 2 amide bonds. The highest BCUT2D eigenvalue weighted by Gasteiger charge is 2.09. The molecule has 0 atom stereocenters. The Morgan fingerprint density at radius 1 is 1.09 bits per heavy atom. The number of pyridine rings is 1. The second kappa shape index (κ2) is 7.93. The van der Waals surface area contributed by atoms with Gasteiger partial charge in [-0.3, -0.25) is 14.6 Å². The second-order valence-corrected chi connectivity index (χ2v) is 5.30. The van der Waals surface area contributed by atoms with Crippen molar-refractivity contribution in [3.05, 3.63) is 54.4 Å². The van der Waals surface area contributed by atoms with E-state index in [9.17, 15) is 9.59 Å². The number of hydrogen-bond donors (Lipinski definition) is 2. The number of benzene rings is 1. The molecule has 0 fully saturated rings. The molecule has 2 rings (SSSR count). The lowest BCUT2D eigenvalue weighted by Crippen LogP contribution is -2.27. The van der Waals surface area contributed by atoms with Gasteiger partial charge in [-0.15, -0.1) is 0 Å². The van der Waals surface area contributed by atoms with E-state index in [0.717, 1.165) is 11.3 Å². The lowest BCUT2D eigenvalue weighted by molar-refractivity contribution is -0.126. The van der Waals surface area contributed by atoms with E-state index >= 15 is 0 Å². The first kappa shape index (κ1) is 16.5. The Labute approximate surface area is 135 Å². The van der Waals surface area contributed by atoms with E-state index in [0.29, 0.717) is 12.2 Å². The van der Waals surface area contributed by atoms with Gasteiger partial charge in [-0.2, -0.15) is 0 Å². The van der Waals surface area contributed by atoms with Crippen LogP contribution in [0.3, 0.4) is 0 Å². The Morgan fingerprint density at radius 2 is 1.83 bits per heavy atom. The molecule has 0 radical (unpaired) electrons. The highest BCUT2D eigenvalue weighted by molar-refractivity contribution is 6.03. The minimum absolute atomic E-state index is 0.213. The van der Waals surface area contributed by atoms with Gasteiger partial charge in [0, 0.05) is 44.4 Å². The summed E-state index contributed by atoms with van der Waals surface area (Å²) in [5.74, 6) is -0.664. The second-order valence-electron chi connectivity index (χ2n) is 5.30. The summed E-state index contributed by atoms with van der Waals surface area (Å²) >= 11 is 0. The maximum Gasteiger partial charge on any atom is 0.233 e. The number of amides is 2. The Morgan fingerprint density at radius 3 is 2.43 bits per heavy atom. The highest BCUT2D eigenvalue weighted by Crippen LogP contribution is 2.15. The molecular weight excluding hydrogens is 292 g/mol. The minimum atomic E-state index is -0.341. The van der Waals surface area contributed by atoms with E-state index in [2.05, 4.69) is 15.6 Å². The van der Waals surface area contributed by atoms with E-state index in [1.54, 1.807) is 30.6 Å². The quantitative estimate of drug-likeness (QED) is 0.798. The molecule has 6 nitrogen and oxygen atoms in total. The number of aromatic nitrogens is 1. The summed E-state index contributed by atoms with van der Waals surface area (Å²) in [5, 5.41) is 5.40. The van der Waals surface area contributed by atoms with Gasteiger partial charge < -0.3 is 15.5 Å². The summed E-state index contributed by atoms with van der Waals surface area (Å²) in [4.78, 5) is 29.6. The average Bonchev–Trinajstić information content (AvgIpc) is 2.54. The first-order valence-corrected chi connectivity index (χ1v) is 7.27. The Hall–Kier alpha value is -2.89. The van der Waals surface area contributed by atoms with Gasteiger partial charge in [0.2, 0.25) is 11.8 Å². The van der Waals surface area contributed by atoms with Gasteiger partial charge in [-0.25, -0.2) is 0 Å². The van der Waals surface area contributed by atoms with E-state index < -0.39 is 0 Å². The molecular formula is C17H20N4O2. The van der Waals surface area contributed by atoms with Crippen LogP contribution in [0, 0.1) is 0 Å². The van der Waals surface area contributed by atoms with Crippen LogP contribution in [-0.4, -0.2) is 30.9 Å². The smallest absolute Gasteiger partial charge is 0.233 e. The summed E-state index contributed by atoms with van der Waals surface area (Å²) in [6.45, 7) is 0.359. The average molecular weight is 312 g/mol. The maximum atomic E-state index is 11.9. The number of rotatable bonds is 6.